The second-order valence-corrected chi connectivity index (χ2v) is 6.52. The molecule has 0 amide bonds. The highest BCUT2D eigenvalue weighted by Crippen LogP contribution is 2.31. The Balaban J connectivity index is 1.91. The number of carbonyl (C=O) groups excluding carboxylic acids is 1. The molecule has 2 rings (SSSR count). The molecule has 0 aromatic heterocycles. The lowest BCUT2D eigenvalue weighted by Crippen LogP contribution is -2.25. The molecule has 0 unspecified atom stereocenters. The molecule has 0 aromatic rings. The summed E-state index contributed by atoms with van der Waals surface area (Å²) in [5.41, 5.74) is 2.53. The van der Waals surface area contributed by atoms with Crippen LogP contribution in [0.15, 0.2) is 23.3 Å². The maximum Gasteiger partial charge on any atom is 0.306 e. The topological polar surface area (TPSA) is 63.6 Å². The Bertz CT molecular complexity index is 450. The van der Waals surface area contributed by atoms with E-state index in [0.29, 0.717) is 19.3 Å². The fourth-order valence-electron chi connectivity index (χ4n) is 3.33. The van der Waals surface area contributed by atoms with E-state index in [9.17, 15) is 9.59 Å². The van der Waals surface area contributed by atoms with Gasteiger partial charge >= 0.3 is 11.9 Å². The Morgan fingerprint density at radius 1 is 0.957 bits per heavy atom. The minimum Gasteiger partial charge on any atom is -0.481 e. The Hall–Kier alpha value is -1.58. The van der Waals surface area contributed by atoms with E-state index in [4.69, 9.17) is 9.84 Å². The fraction of sp³-hybridized carbons (Fsp3) is 0.684. The molecule has 1 N–H and O–H groups in total. The molecule has 0 aliphatic heterocycles. The minimum absolute atomic E-state index is 0.118. The Kier molecular flexibility index (Phi) is 7.37. The second-order valence-electron chi connectivity index (χ2n) is 6.52. The summed E-state index contributed by atoms with van der Waals surface area (Å²) >= 11 is 0. The summed E-state index contributed by atoms with van der Waals surface area (Å²) in [6, 6.07) is 0. The normalized spacial score (nSPS) is 18.3. The first-order chi connectivity index (χ1) is 11.2. The van der Waals surface area contributed by atoms with E-state index in [1.165, 1.54) is 36.8 Å². The lowest BCUT2D eigenvalue weighted by Gasteiger charge is -2.27. The van der Waals surface area contributed by atoms with Crippen molar-refractivity contribution in [2.75, 3.05) is 0 Å². The third-order valence-corrected chi connectivity index (χ3v) is 4.60. The van der Waals surface area contributed by atoms with Crippen LogP contribution in [0.3, 0.4) is 0 Å². The van der Waals surface area contributed by atoms with Crippen molar-refractivity contribution >= 4 is 11.9 Å². The number of rotatable bonds is 8. The van der Waals surface area contributed by atoms with Crippen LogP contribution in [0.1, 0.15) is 77.0 Å². The van der Waals surface area contributed by atoms with Crippen molar-refractivity contribution in [1.82, 2.24) is 0 Å². The molecule has 4 nitrogen and oxygen atoms in total. The zero-order valence-electron chi connectivity index (χ0n) is 13.9. The van der Waals surface area contributed by atoms with E-state index in [-0.39, 0.29) is 18.5 Å². The zero-order valence-corrected chi connectivity index (χ0v) is 13.9. The third-order valence-electron chi connectivity index (χ3n) is 4.60. The summed E-state index contributed by atoms with van der Waals surface area (Å²) in [6.07, 6.45) is 14.9. The predicted octanol–water partition coefficient (Wildman–Crippen LogP) is 4.54. The monoisotopic (exact) mass is 320 g/mol. The quantitative estimate of drug-likeness (QED) is 0.405. The van der Waals surface area contributed by atoms with Gasteiger partial charge in [-0.25, -0.2) is 0 Å². The van der Waals surface area contributed by atoms with Gasteiger partial charge < -0.3 is 9.84 Å². The number of carboxylic acids is 1. The number of hydrogen-bond acceptors (Lipinski definition) is 3. The van der Waals surface area contributed by atoms with Crippen molar-refractivity contribution in [2.24, 2.45) is 0 Å². The highest BCUT2D eigenvalue weighted by atomic mass is 16.5. The molecule has 128 valence electrons. The van der Waals surface area contributed by atoms with Gasteiger partial charge in [0, 0.05) is 12.8 Å². The van der Waals surface area contributed by atoms with E-state index in [1.807, 2.05) is 0 Å². The van der Waals surface area contributed by atoms with Gasteiger partial charge in [0.1, 0.15) is 6.10 Å². The average Bonchev–Trinajstić information content (AvgIpc) is 2.58. The molecule has 0 fully saturated rings. The molecule has 0 radical (unpaired) electrons. The maximum absolute atomic E-state index is 12.2. The molecule has 0 aromatic carbocycles. The molecule has 0 saturated carbocycles. The van der Waals surface area contributed by atoms with E-state index in [0.717, 1.165) is 25.7 Å². The predicted molar refractivity (Wildman–Crippen MR) is 89.1 cm³/mol. The van der Waals surface area contributed by atoms with Gasteiger partial charge in [0.05, 0.1) is 0 Å². The van der Waals surface area contributed by atoms with E-state index in [2.05, 4.69) is 12.2 Å². The van der Waals surface area contributed by atoms with Crippen LogP contribution in [0.4, 0.5) is 0 Å². The number of carboxylic acid groups (broad SMARTS) is 1. The van der Waals surface area contributed by atoms with Crippen molar-refractivity contribution in [1.29, 1.82) is 0 Å². The number of esters is 1. The summed E-state index contributed by atoms with van der Waals surface area (Å²) < 4.78 is 5.81. The number of unbranched alkanes of at least 4 members (excludes halogenated alkanes) is 1. The molecule has 0 atom stereocenters. The van der Waals surface area contributed by atoms with Gasteiger partial charge in [0.15, 0.2) is 0 Å². The molecule has 0 heterocycles. The molecule has 4 heteroatoms. The van der Waals surface area contributed by atoms with Gasteiger partial charge in [-0.15, -0.1) is 0 Å². The summed E-state index contributed by atoms with van der Waals surface area (Å²) in [6.45, 7) is 0. The molecule has 0 saturated heterocycles. The van der Waals surface area contributed by atoms with Crippen molar-refractivity contribution in [3.8, 4) is 0 Å². The second kappa shape index (κ2) is 9.53. The molecular formula is C19H28O4. The van der Waals surface area contributed by atoms with Crippen molar-refractivity contribution < 1.29 is 19.4 Å². The number of aliphatic carboxylic acids is 1. The molecular weight excluding hydrogens is 292 g/mol. The zero-order chi connectivity index (χ0) is 16.5. The molecule has 0 bridgehead atoms. The van der Waals surface area contributed by atoms with Crippen molar-refractivity contribution in [3.05, 3.63) is 23.3 Å². The molecule has 2 aliphatic rings. The standard InChI is InChI=1S/C19H28O4/c20-17(21)13-7-8-14-18(22)23-19(15-9-3-1-4-10-15)16-11-5-2-6-12-16/h9,11,19H,1-8,10,12-14H2,(H,20,21). The van der Waals surface area contributed by atoms with Crippen LogP contribution < -0.4 is 0 Å². The summed E-state index contributed by atoms with van der Waals surface area (Å²) in [5.74, 6) is -1.01. The lowest BCUT2D eigenvalue weighted by molar-refractivity contribution is -0.146. The number of ether oxygens (including phenoxy) is 1. The van der Waals surface area contributed by atoms with Crippen LogP contribution in [-0.2, 0) is 14.3 Å². The highest BCUT2D eigenvalue weighted by Gasteiger charge is 2.25. The van der Waals surface area contributed by atoms with E-state index >= 15 is 0 Å². The highest BCUT2D eigenvalue weighted by molar-refractivity contribution is 5.70. The average molecular weight is 320 g/mol. The van der Waals surface area contributed by atoms with Crippen molar-refractivity contribution in [2.45, 2.75) is 83.2 Å². The van der Waals surface area contributed by atoms with Crippen LogP contribution in [0.2, 0.25) is 0 Å². The van der Waals surface area contributed by atoms with Crippen LogP contribution in [0, 0.1) is 0 Å². The number of hydrogen-bond donors (Lipinski definition) is 1. The summed E-state index contributed by atoms with van der Waals surface area (Å²) in [5, 5.41) is 8.63. The minimum atomic E-state index is -0.809. The van der Waals surface area contributed by atoms with Gasteiger partial charge in [-0.1, -0.05) is 12.2 Å². The molecule has 2 aliphatic carbocycles. The number of allylic oxidation sites excluding steroid dienone is 2. The SMILES string of the molecule is O=C(O)CCCCC(=O)OC(C1=CCCCC1)C1=CCCCC1. The maximum atomic E-state index is 12.2. The Morgan fingerprint density at radius 2 is 1.52 bits per heavy atom. The summed E-state index contributed by atoms with van der Waals surface area (Å²) in [4.78, 5) is 22.7. The number of carbonyl (C=O) groups is 2. The van der Waals surface area contributed by atoms with Crippen LogP contribution in [0.25, 0.3) is 0 Å². The van der Waals surface area contributed by atoms with Gasteiger partial charge in [0.2, 0.25) is 0 Å². The lowest BCUT2D eigenvalue weighted by atomic mass is 9.87. The fourth-order valence-corrected chi connectivity index (χ4v) is 3.33. The smallest absolute Gasteiger partial charge is 0.306 e. The first-order valence-corrected chi connectivity index (χ1v) is 8.96. The Morgan fingerprint density at radius 3 is 2.00 bits per heavy atom. The third kappa shape index (κ3) is 6.20. The van der Waals surface area contributed by atoms with E-state index in [1.54, 1.807) is 0 Å². The Labute approximate surface area is 138 Å². The van der Waals surface area contributed by atoms with Gasteiger partial charge in [0.25, 0.3) is 0 Å². The van der Waals surface area contributed by atoms with Gasteiger partial charge in [-0.2, -0.15) is 0 Å². The first-order valence-electron chi connectivity index (χ1n) is 8.96. The summed E-state index contributed by atoms with van der Waals surface area (Å²) in [7, 11) is 0. The molecule has 23 heavy (non-hydrogen) atoms. The molecule has 0 spiro atoms. The van der Waals surface area contributed by atoms with Crippen LogP contribution in [0.5, 0.6) is 0 Å². The van der Waals surface area contributed by atoms with Gasteiger partial charge in [-0.05, 0) is 75.4 Å². The van der Waals surface area contributed by atoms with Crippen LogP contribution in [-0.4, -0.2) is 23.1 Å². The van der Waals surface area contributed by atoms with Crippen molar-refractivity contribution in [3.63, 3.8) is 0 Å². The van der Waals surface area contributed by atoms with Gasteiger partial charge in [-0.3, -0.25) is 9.59 Å². The van der Waals surface area contributed by atoms with Crippen LogP contribution >= 0.6 is 0 Å². The first kappa shape index (κ1) is 17.8. The van der Waals surface area contributed by atoms with E-state index < -0.39 is 5.97 Å². The largest absolute Gasteiger partial charge is 0.481 e.